The number of aromatic hydroxyl groups is 1. The largest absolute Gasteiger partial charge is 0.508 e. The topological polar surface area (TPSA) is 182 Å². The Morgan fingerprint density at radius 1 is 1.16 bits per heavy atom. The molecule has 3 aliphatic carbocycles. The number of phenolic OH excluding ortho intramolecular Hbond substituents is 1. The molecule has 1 saturated carbocycles. The summed E-state index contributed by atoms with van der Waals surface area (Å²) in [5.41, 5.74) is 1.47. The van der Waals surface area contributed by atoms with Gasteiger partial charge in [-0.15, -0.1) is 0 Å². The number of benzene rings is 1. The van der Waals surface area contributed by atoms with Crippen molar-refractivity contribution in [2.75, 3.05) is 14.1 Å². The maximum absolute atomic E-state index is 13.7. The Morgan fingerprint density at radius 3 is 2.34 bits per heavy atom. The Hall–Kier alpha value is -3.21. The first-order valence-electron chi connectivity index (χ1n) is 10.0. The molecule has 0 aromatic heterocycles. The Bertz CT molecular complexity index is 1140. The molecule has 0 saturated heterocycles. The summed E-state index contributed by atoms with van der Waals surface area (Å²) in [6.07, 6.45) is -1.59. The van der Waals surface area contributed by atoms with Gasteiger partial charge in [0.2, 0.25) is 5.78 Å². The van der Waals surface area contributed by atoms with Crippen LogP contribution in [0.3, 0.4) is 0 Å². The summed E-state index contributed by atoms with van der Waals surface area (Å²) in [5.74, 6) is -8.87. The van der Waals surface area contributed by atoms with Gasteiger partial charge in [-0.3, -0.25) is 19.3 Å². The predicted molar refractivity (Wildman–Crippen MR) is 110 cm³/mol. The molecule has 3 aliphatic rings. The maximum Gasteiger partial charge on any atom is 0.255 e. The third-order valence-corrected chi connectivity index (χ3v) is 6.99. The average molecular weight is 444 g/mol. The Kier molecular flexibility index (Phi) is 4.74. The van der Waals surface area contributed by atoms with Gasteiger partial charge in [-0.05, 0) is 31.6 Å². The van der Waals surface area contributed by atoms with Crippen LogP contribution in [0.5, 0.6) is 5.75 Å². The zero-order chi connectivity index (χ0) is 23.9. The molecule has 10 heteroatoms. The lowest BCUT2D eigenvalue weighted by atomic mass is 9.54. The molecule has 0 bridgehead atoms. The van der Waals surface area contributed by atoms with Crippen LogP contribution in [0, 0.1) is 11.8 Å². The van der Waals surface area contributed by atoms with E-state index in [9.17, 15) is 39.9 Å². The molecule has 1 aromatic carbocycles. The number of ketones is 2. The van der Waals surface area contributed by atoms with Crippen molar-refractivity contribution in [3.63, 3.8) is 0 Å². The van der Waals surface area contributed by atoms with Gasteiger partial charge in [0.05, 0.1) is 23.6 Å². The summed E-state index contributed by atoms with van der Waals surface area (Å²) in [6.45, 7) is 1.68. The van der Waals surface area contributed by atoms with E-state index >= 15 is 0 Å². The smallest absolute Gasteiger partial charge is 0.255 e. The molecule has 6 atom stereocenters. The number of rotatable bonds is 2. The highest BCUT2D eigenvalue weighted by molar-refractivity contribution is 6.24. The molecule has 0 radical (unpaired) electrons. The number of primary amides is 1. The lowest BCUT2D eigenvalue weighted by molar-refractivity contribution is -0.169. The second-order valence-electron chi connectivity index (χ2n) is 8.79. The second kappa shape index (κ2) is 6.89. The van der Waals surface area contributed by atoms with Gasteiger partial charge in [-0.1, -0.05) is 19.1 Å². The molecule has 1 aromatic rings. The van der Waals surface area contributed by atoms with E-state index in [1.165, 1.54) is 25.1 Å². The molecule has 0 unspecified atom stereocenters. The Morgan fingerprint density at radius 2 is 1.78 bits per heavy atom. The quantitative estimate of drug-likeness (QED) is 0.327. The van der Waals surface area contributed by atoms with Crippen molar-refractivity contribution in [3.8, 4) is 5.75 Å². The highest BCUT2D eigenvalue weighted by atomic mass is 16.4. The van der Waals surface area contributed by atoms with E-state index in [1.54, 1.807) is 19.1 Å². The van der Waals surface area contributed by atoms with E-state index in [1.807, 2.05) is 0 Å². The Balaban J connectivity index is 2.07. The predicted octanol–water partition coefficient (Wildman–Crippen LogP) is -0.504. The SMILES string of the molecule is C[C@@H]1c2cccc(O)c2C(O)=C2C(=O)[C@@]3(O)C(O)=C(C(N)=O)C(=O)[C@H](N(C)C)[C@H]3[C@H](O)[C@H]21. The Labute approximate surface area is 182 Å². The number of likely N-dealkylation sites (N-methyl/N-ethyl adjacent to an activating group) is 1. The number of Topliss-reactive ketones (excluding diaryl/α,β-unsaturated/α-hetero) is 2. The number of phenols is 1. The van der Waals surface area contributed by atoms with Gasteiger partial charge in [0.25, 0.3) is 5.91 Å². The normalized spacial score (nSPS) is 34.4. The zero-order valence-corrected chi connectivity index (χ0v) is 17.6. The minimum Gasteiger partial charge on any atom is -0.508 e. The van der Waals surface area contributed by atoms with Crippen LogP contribution in [-0.2, 0) is 14.4 Å². The molecule has 170 valence electrons. The molecule has 32 heavy (non-hydrogen) atoms. The van der Waals surface area contributed by atoms with Gasteiger partial charge in [0, 0.05) is 11.5 Å². The van der Waals surface area contributed by atoms with Crippen LogP contribution in [0.1, 0.15) is 24.0 Å². The fraction of sp³-hybridized carbons (Fsp3) is 0.409. The number of hydrogen-bond donors (Lipinski definition) is 6. The second-order valence-corrected chi connectivity index (χ2v) is 8.79. The van der Waals surface area contributed by atoms with Gasteiger partial charge in [-0.25, -0.2) is 0 Å². The van der Waals surface area contributed by atoms with Gasteiger partial charge in [0.1, 0.15) is 22.8 Å². The number of aliphatic hydroxyl groups is 4. The third kappa shape index (κ3) is 2.48. The first-order chi connectivity index (χ1) is 14.9. The number of nitrogens with two attached hydrogens (primary N) is 1. The van der Waals surface area contributed by atoms with Gasteiger partial charge < -0.3 is 31.3 Å². The minimum atomic E-state index is -2.89. The third-order valence-electron chi connectivity index (χ3n) is 6.99. The van der Waals surface area contributed by atoms with Crippen LogP contribution < -0.4 is 5.73 Å². The van der Waals surface area contributed by atoms with Gasteiger partial charge >= 0.3 is 0 Å². The molecule has 0 aliphatic heterocycles. The first-order valence-corrected chi connectivity index (χ1v) is 10.0. The summed E-state index contributed by atoms with van der Waals surface area (Å²) in [6, 6.07) is 3.13. The van der Waals surface area contributed by atoms with Crippen molar-refractivity contribution in [1.29, 1.82) is 0 Å². The maximum atomic E-state index is 13.7. The monoisotopic (exact) mass is 444 g/mol. The van der Waals surface area contributed by atoms with Crippen LogP contribution >= 0.6 is 0 Å². The van der Waals surface area contributed by atoms with E-state index < -0.39 is 75.6 Å². The fourth-order valence-electron chi connectivity index (χ4n) is 5.58. The van der Waals surface area contributed by atoms with E-state index in [-0.39, 0.29) is 11.3 Å². The van der Waals surface area contributed by atoms with Crippen LogP contribution in [0.2, 0.25) is 0 Å². The highest BCUT2D eigenvalue weighted by Crippen LogP contribution is 2.55. The average Bonchev–Trinajstić information content (AvgIpc) is 2.70. The molecular weight excluding hydrogens is 420 g/mol. The summed E-state index contributed by atoms with van der Waals surface area (Å²) < 4.78 is 0. The first kappa shape index (κ1) is 22.0. The number of carbonyl (C=O) groups excluding carboxylic acids is 3. The van der Waals surface area contributed by atoms with Crippen molar-refractivity contribution in [3.05, 3.63) is 46.2 Å². The van der Waals surface area contributed by atoms with Crippen LogP contribution in [-0.4, -0.2) is 79.7 Å². The van der Waals surface area contributed by atoms with E-state index in [4.69, 9.17) is 5.73 Å². The number of amides is 1. The fourth-order valence-corrected chi connectivity index (χ4v) is 5.58. The molecule has 0 heterocycles. The summed E-state index contributed by atoms with van der Waals surface area (Å²) >= 11 is 0. The number of aliphatic hydroxyl groups excluding tert-OH is 3. The van der Waals surface area contributed by atoms with E-state index in [2.05, 4.69) is 0 Å². The molecule has 10 nitrogen and oxygen atoms in total. The van der Waals surface area contributed by atoms with Gasteiger partial charge in [-0.2, -0.15) is 0 Å². The number of fused-ring (bicyclic) bond motifs is 3. The van der Waals surface area contributed by atoms with Crippen molar-refractivity contribution in [2.24, 2.45) is 17.6 Å². The molecule has 4 rings (SSSR count). The summed E-state index contributed by atoms with van der Waals surface area (Å²) in [7, 11) is 2.92. The minimum absolute atomic E-state index is 0.0245. The number of hydrogen-bond acceptors (Lipinski definition) is 9. The van der Waals surface area contributed by atoms with Crippen LogP contribution in [0.25, 0.3) is 5.76 Å². The lowest BCUT2D eigenvalue weighted by Gasteiger charge is -2.53. The molecule has 1 fully saturated rings. The van der Waals surface area contributed by atoms with Crippen molar-refractivity contribution in [1.82, 2.24) is 4.90 Å². The van der Waals surface area contributed by atoms with Crippen LogP contribution in [0.4, 0.5) is 0 Å². The number of nitrogens with zero attached hydrogens (tertiary/aromatic N) is 1. The van der Waals surface area contributed by atoms with Crippen molar-refractivity contribution >= 4 is 23.2 Å². The lowest BCUT2D eigenvalue weighted by Crippen LogP contribution is -2.70. The van der Waals surface area contributed by atoms with E-state index in [0.717, 1.165) is 0 Å². The molecular formula is C22H24N2O8. The standard InChI is InChI=1S/C22H24N2O8/c1-7-8-5-4-6-9(25)11(8)16(26)12-10(7)17(27)14-15(24(2)3)18(28)13(21(23)31)20(30)22(14,32)19(12)29/h4-7,10,14-15,17,25-27,30,32H,1-3H3,(H2,23,31)/t7-,10+,14+,15-,17-,22-/m1/s1. The highest BCUT2D eigenvalue weighted by Gasteiger charge is 2.68. The molecule has 0 spiro atoms. The van der Waals surface area contributed by atoms with Crippen molar-refractivity contribution < 1.29 is 39.9 Å². The summed E-state index contributed by atoms with van der Waals surface area (Å²) in [4.78, 5) is 40.0. The zero-order valence-electron chi connectivity index (χ0n) is 17.6. The molecule has 1 amide bonds. The van der Waals surface area contributed by atoms with Crippen LogP contribution in [0.15, 0.2) is 35.1 Å². The summed E-state index contributed by atoms with van der Waals surface area (Å²) in [5, 5.41) is 54.9. The number of carbonyl (C=O) groups is 3. The van der Waals surface area contributed by atoms with Crippen molar-refractivity contribution in [2.45, 2.75) is 30.6 Å². The van der Waals surface area contributed by atoms with E-state index in [0.29, 0.717) is 5.56 Å². The van der Waals surface area contributed by atoms with Gasteiger partial charge in [0.15, 0.2) is 11.4 Å². The molecule has 7 N–H and O–H groups in total.